The third-order valence-corrected chi connectivity index (χ3v) is 4.54. The summed E-state index contributed by atoms with van der Waals surface area (Å²) < 4.78 is 34.5. The van der Waals surface area contributed by atoms with Gasteiger partial charge in [-0.2, -0.15) is 8.78 Å². The Labute approximate surface area is 145 Å². The van der Waals surface area contributed by atoms with E-state index in [0.717, 1.165) is 16.7 Å². The molecule has 3 unspecified atom stereocenters. The fourth-order valence-electron chi connectivity index (χ4n) is 3.29. The van der Waals surface area contributed by atoms with Crippen molar-refractivity contribution < 1.29 is 23.4 Å². The molecule has 2 aromatic carbocycles. The Bertz CT molecular complexity index is 738. The molecule has 3 rings (SSSR count). The predicted molar refractivity (Wildman–Crippen MR) is 90.1 cm³/mol. The molecule has 0 saturated heterocycles. The fraction of sp³-hybridized carbons (Fsp3) is 0.368. The molecule has 0 spiro atoms. The fourth-order valence-corrected chi connectivity index (χ4v) is 3.29. The zero-order valence-electron chi connectivity index (χ0n) is 14.1. The number of nitrogens with one attached hydrogen (secondary N) is 1. The Kier molecular flexibility index (Phi) is 5.20. The number of rotatable bonds is 6. The van der Waals surface area contributed by atoms with E-state index < -0.39 is 12.7 Å². The summed E-state index contributed by atoms with van der Waals surface area (Å²) in [4.78, 5) is 0. The maximum atomic E-state index is 12.4. The van der Waals surface area contributed by atoms with Crippen LogP contribution in [0.4, 0.5) is 8.78 Å². The molecule has 4 nitrogen and oxygen atoms in total. The van der Waals surface area contributed by atoms with Gasteiger partial charge in [0.25, 0.3) is 0 Å². The topological polar surface area (TPSA) is 50.7 Å². The van der Waals surface area contributed by atoms with Crippen molar-refractivity contribution in [1.29, 1.82) is 0 Å². The van der Waals surface area contributed by atoms with Gasteiger partial charge in [0.05, 0.1) is 19.3 Å². The highest BCUT2D eigenvalue weighted by Gasteiger charge is 2.31. The average molecular weight is 349 g/mol. The predicted octanol–water partition coefficient (Wildman–Crippen LogP) is 3.61. The number of aliphatic hydroxyl groups excluding tert-OH is 1. The summed E-state index contributed by atoms with van der Waals surface area (Å²) in [6, 6.07) is 12.5. The first-order valence-electron chi connectivity index (χ1n) is 8.14. The van der Waals surface area contributed by atoms with Gasteiger partial charge in [-0.3, -0.25) is 0 Å². The van der Waals surface area contributed by atoms with Gasteiger partial charge in [0, 0.05) is 12.5 Å². The van der Waals surface area contributed by atoms with Gasteiger partial charge in [-0.15, -0.1) is 0 Å². The van der Waals surface area contributed by atoms with Gasteiger partial charge >= 0.3 is 6.61 Å². The average Bonchev–Trinajstić information content (AvgIpc) is 2.90. The van der Waals surface area contributed by atoms with Crippen LogP contribution in [-0.2, 0) is 6.42 Å². The van der Waals surface area contributed by atoms with Gasteiger partial charge in [-0.1, -0.05) is 30.3 Å². The minimum absolute atomic E-state index is 0.000281. The third-order valence-electron chi connectivity index (χ3n) is 4.54. The number of benzene rings is 2. The maximum absolute atomic E-state index is 12.4. The molecule has 0 bridgehead atoms. The highest BCUT2D eigenvalue weighted by molar-refractivity contribution is 5.44. The summed E-state index contributed by atoms with van der Waals surface area (Å²) in [6.07, 6.45) is 0.119. The first kappa shape index (κ1) is 17.6. The zero-order chi connectivity index (χ0) is 18.0. The number of hydrogen-bond donors (Lipinski definition) is 2. The van der Waals surface area contributed by atoms with E-state index in [2.05, 4.69) is 10.1 Å². The summed E-state index contributed by atoms with van der Waals surface area (Å²) in [5, 5.41) is 13.8. The van der Waals surface area contributed by atoms with E-state index in [-0.39, 0.29) is 23.6 Å². The van der Waals surface area contributed by atoms with E-state index in [0.29, 0.717) is 6.42 Å². The summed E-state index contributed by atoms with van der Waals surface area (Å²) in [5.74, 6) is 0.249. The van der Waals surface area contributed by atoms with Crippen LogP contribution in [0.15, 0.2) is 42.5 Å². The number of hydrogen-bond acceptors (Lipinski definition) is 4. The summed E-state index contributed by atoms with van der Waals surface area (Å²) in [5.41, 5.74) is 3.08. The molecule has 1 aliphatic carbocycles. The molecule has 0 aliphatic heterocycles. The maximum Gasteiger partial charge on any atom is 0.387 e. The minimum atomic E-state index is -2.90. The van der Waals surface area contributed by atoms with Gasteiger partial charge in [0.1, 0.15) is 0 Å². The molecule has 0 fully saturated rings. The van der Waals surface area contributed by atoms with E-state index in [4.69, 9.17) is 4.74 Å². The van der Waals surface area contributed by atoms with Gasteiger partial charge < -0.3 is 19.9 Å². The van der Waals surface area contributed by atoms with Crippen LogP contribution >= 0.6 is 0 Å². The lowest BCUT2D eigenvalue weighted by Gasteiger charge is -2.24. The van der Waals surface area contributed by atoms with Crippen LogP contribution in [0.25, 0.3) is 0 Å². The van der Waals surface area contributed by atoms with E-state index in [9.17, 15) is 13.9 Å². The molecule has 134 valence electrons. The second-order valence-corrected chi connectivity index (χ2v) is 6.13. The lowest BCUT2D eigenvalue weighted by atomic mass is 10.0. The number of alkyl halides is 2. The van der Waals surface area contributed by atoms with Gasteiger partial charge in [-0.25, -0.2) is 0 Å². The molecule has 3 atom stereocenters. The van der Waals surface area contributed by atoms with Crippen molar-refractivity contribution in [2.75, 3.05) is 7.11 Å². The molecule has 2 aromatic rings. The van der Waals surface area contributed by atoms with Crippen LogP contribution in [0, 0.1) is 0 Å². The summed E-state index contributed by atoms with van der Waals surface area (Å²) in [7, 11) is 1.41. The van der Waals surface area contributed by atoms with Crippen molar-refractivity contribution in [3.05, 3.63) is 59.2 Å². The zero-order valence-corrected chi connectivity index (χ0v) is 14.1. The number of methoxy groups -OCH3 is 1. The molecule has 6 heteroatoms. The van der Waals surface area contributed by atoms with Crippen LogP contribution in [0.2, 0.25) is 0 Å². The van der Waals surface area contributed by atoms with Crippen LogP contribution in [-0.4, -0.2) is 24.9 Å². The molecule has 0 saturated carbocycles. The molecule has 1 aliphatic rings. The molecule has 0 heterocycles. The van der Waals surface area contributed by atoms with Crippen molar-refractivity contribution in [2.24, 2.45) is 0 Å². The molecule has 25 heavy (non-hydrogen) atoms. The van der Waals surface area contributed by atoms with E-state index in [1.807, 2.05) is 31.2 Å². The monoisotopic (exact) mass is 349 g/mol. The van der Waals surface area contributed by atoms with E-state index in [1.165, 1.54) is 13.2 Å². The number of fused-ring (bicyclic) bond motifs is 1. The molecule has 0 aromatic heterocycles. The van der Waals surface area contributed by atoms with E-state index >= 15 is 0 Å². The lowest BCUT2D eigenvalue weighted by molar-refractivity contribution is -0.0512. The standard InChI is InChI=1S/C19H21F2NO3/c1-11(12-7-8-16(25-19(20)21)17(10-12)24-2)22-18-14-6-4-3-5-13(14)9-15(18)23/h3-8,10-11,15,18-19,22-23H,9H2,1-2H3. The van der Waals surface area contributed by atoms with Gasteiger partial charge in [-0.05, 0) is 35.7 Å². The first-order chi connectivity index (χ1) is 12.0. The van der Waals surface area contributed by atoms with Crippen LogP contribution < -0.4 is 14.8 Å². The quantitative estimate of drug-likeness (QED) is 0.837. The smallest absolute Gasteiger partial charge is 0.387 e. The van der Waals surface area contributed by atoms with E-state index in [1.54, 1.807) is 12.1 Å². The molecular formula is C19H21F2NO3. The molecule has 0 amide bonds. The Hall–Kier alpha value is -2.18. The number of ether oxygens (including phenoxy) is 2. The van der Waals surface area contributed by atoms with Gasteiger partial charge in [0.2, 0.25) is 0 Å². The van der Waals surface area contributed by atoms with Crippen molar-refractivity contribution in [3.8, 4) is 11.5 Å². The van der Waals surface area contributed by atoms with Crippen LogP contribution in [0.1, 0.15) is 35.7 Å². The van der Waals surface area contributed by atoms with Crippen molar-refractivity contribution in [1.82, 2.24) is 5.32 Å². The highest BCUT2D eigenvalue weighted by Crippen LogP contribution is 2.35. The highest BCUT2D eigenvalue weighted by atomic mass is 19.3. The summed E-state index contributed by atoms with van der Waals surface area (Å²) >= 11 is 0. The summed E-state index contributed by atoms with van der Waals surface area (Å²) in [6.45, 7) is -0.948. The first-order valence-corrected chi connectivity index (χ1v) is 8.14. The Morgan fingerprint density at radius 2 is 1.92 bits per heavy atom. The molecule has 0 radical (unpaired) electrons. The van der Waals surface area contributed by atoms with Crippen molar-refractivity contribution in [3.63, 3.8) is 0 Å². The molecule has 2 N–H and O–H groups in total. The van der Waals surface area contributed by atoms with Crippen molar-refractivity contribution >= 4 is 0 Å². The lowest BCUT2D eigenvalue weighted by Crippen LogP contribution is -2.31. The Morgan fingerprint density at radius 1 is 1.16 bits per heavy atom. The van der Waals surface area contributed by atoms with Gasteiger partial charge in [0.15, 0.2) is 11.5 Å². The number of halogens is 2. The Balaban J connectivity index is 1.78. The van der Waals surface area contributed by atoms with Crippen LogP contribution in [0.3, 0.4) is 0 Å². The SMILES string of the molecule is COc1cc(C(C)NC2c3ccccc3CC2O)ccc1OC(F)F. The van der Waals surface area contributed by atoms with Crippen LogP contribution in [0.5, 0.6) is 11.5 Å². The minimum Gasteiger partial charge on any atom is -0.493 e. The normalized spacial score (nSPS) is 20.4. The largest absolute Gasteiger partial charge is 0.493 e. The second-order valence-electron chi connectivity index (χ2n) is 6.13. The third kappa shape index (κ3) is 3.75. The second kappa shape index (κ2) is 7.37. The molecular weight excluding hydrogens is 328 g/mol. The van der Waals surface area contributed by atoms with Crippen molar-refractivity contribution in [2.45, 2.75) is 38.1 Å². The Morgan fingerprint density at radius 3 is 2.64 bits per heavy atom. The number of aliphatic hydroxyl groups is 1.